The van der Waals surface area contributed by atoms with Crippen LogP contribution in [0.1, 0.15) is 27.7 Å². The molecular weight excluding hydrogens is 374 g/mol. The van der Waals surface area contributed by atoms with Gasteiger partial charge in [0.2, 0.25) is 15.9 Å². The van der Waals surface area contributed by atoms with E-state index in [1.54, 1.807) is 12.1 Å². The van der Waals surface area contributed by atoms with Crippen molar-refractivity contribution in [2.24, 2.45) is 0 Å². The Hall–Kier alpha value is -1.96. The fourth-order valence-electron chi connectivity index (χ4n) is 3.45. The fourth-order valence-corrected chi connectivity index (χ4v) is 4.91. The molecule has 1 amide bonds. The first kappa shape index (κ1) is 20.8. The maximum atomic E-state index is 13.1. The van der Waals surface area contributed by atoms with E-state index in [9.17, 15) is 13.2 Å². The van der Waals surface area contributed by atoms with E-state index in [2.05, 4.69) is 5.32 Å². The number of amides is 1. The molecule has 0 aliphatic carbocycles. The largest absolute Gasteiger partial charge is 0.350 e. The molecule has 1 aliphatic rings. The SMILES string of the molecule is C[C@H](C(=O)NC(C)(C)C)N1CCN(S(=O)(=O)c2ccc3ccccc3c2)CC1. The number of fused-ring (bicyclic) bond motifs is 1. The first-order chi connectivity index (χ1) is 13.1. The lowest BCUT2D eigenvalue weighted by molar-refractivity contribution is -0.127. The highest BCUT2D eigenvalue weighted by molar-refractivity contribution is 7.89. The van der Waals surface area contributed by atoms with Crippen LogP contribution < -0.4 is 5.32 Å². The topological polar surface area (TPSA) is 69.7 Å². The molecule has 7 heteroatoms. The van der Waals surface area contributed by atoms with Crippen LogP contribution in [0, 0.1) is 0 Å². The standard InChI is InChI=1S/C21H29N3O3S/c1-16(20(25)22-21(2,3)4)23-11-13-24(14-12-23)28(26,27)19-10-9-17-7-5-6-8-18(17)15-19/h5-10,15-16H,11-14H2,1-4H3,(H,22,25)/t16-/m1/s1. The molecule has 0 spiro atoms. The van der Waals surface area contributed by atoms with Crippen molar-refractivity contribution in [2.75, 3.05) is 26.2 Å². The third-order valence-corrected chi connectivity index (χ3v) is 6.95. The molecule has 28 heavy (non-hydrogen) atoms. The van der Waals surface area contributed by atoms with Gasteiger partial charge in [-0.15, -0.1) is 0 Å². The van der Waals surface area contributed by atoms with Gasteiger partial charge in [-0.1, -0.05) is 30.3 Å². The molecule has 0 radical (unpaired) electrons. The van der Waals surface area contributed by atoms with Gasteiger partial charge in [-0.25, -0.2) is 8.42 Å². The first-order valence-corrected chi connectivity index (χ1v) is 11.1. The van der Waals surface area contributed by atoms with Crippen molar-refractivity contribution in [1.29, 1.82) is 0 Å². The zero-order valence-corrected chi connectivity index (χ0v) is 17.8. The van der Waals surface area contributed by atoms with Gasteiger partial charge in [0, 0.05) is 31.7 Å². The van der Waals surface area contributed by atoms with Crippen molar-refractivity contribution in [3.8, 4) is 0 Å². The van der Waals surface area contributed by atoms with Crippen molar-refractivity contribution in [3.63, 3.8) is 0 Å². The Morgan fingerprint density at radius 1 is 1.00 bits per heavy atom. The molecule has 2 aromatic rings. The van der Waals surface area contributed by atoms with E-state index >= 15 is 0 Å². The molecule has 0 unspecified atom stereocenters. The van der Waals surface area contributed by atoms with Crippen LogP contribution in [-0.4, -0.2) is 61.3 Å². The summed E-state index contributed by atoms with van der Waals surface area (Å²) in [5.41, 5.74) is -0.285. The summed E-state index contributed by atoms with van der Waals surface area (Å²) in [6.07, 6.45) is 0. The summed E-state index contributed by atoms with van der Waals surface area (Å²) in [6.45, 7) is 9.54. The summed E-state index contributed by atoms with van der Waals surface area (Å²) in [4.78, 5) is 14.8. The number of hydrogen-bond donors (Lipinski definition) is 1. The smallest absolute Gasteiger partial charge is 0.243 e. The molecule has 0 bridgehead atoms. The summed E-state index contributed by atoms with van der Waals surface area (Å²) >= 11 is 0. The van der Waals surface area contributed by atoms with Gasteiger partial charge in [0.05, 0.1) is 10.9 Å². The molecule has 152 valence electrons. The van der Waals surface area contributed by atoms with Crippen LogP contribution in [0.25, 0.3) is 10.8 Å². The second-order valence-corrected chi connectivity index (χ2v) is 10.3. The van der Waals surface area contributed by atoms with Crippen molar-refractivity contribution in [3.05, 3.63) is 42.5 Å². The Balaban J connectivity index is 1.68. The van der Waals surface area contributed by atoms with Gasteiger partial charge in [0.25, 0.3) is 0 Å². The highest BCUT2D eigenvalue weighted by Crippen LogP contribution is 2.23. The normalized spacial score (nSPS) is 18.1. The van der Waals surface area contributed by atoms with Crippen LogP contribution in [0.5, 0.6) is 0 Å². The zero-order chi connectivity index (χ0) is 20.5. The Bertz CT molecular complexity index is 958. The molecule has 0 aromatic heterocycles. The van der Waals surface area contributed by atoms with Crippen LogP contribution in [0.15, 0.2) is 47.4 Å². The zero-order valence-electron chi connectivity index (χ0n) is 17.0. The van der Waals surface area contributed by atoms with Crippen LogP contribution in [0.3, 0.4) is 0 Å². The predicted octanol–water partition coefficient (Wildman–Crippen LogP) is 2.45. The molecule has 1 fully saturated rings. The van der Waals surface area contributed by atoms with E-state index in [1.807, 2.05) is 62.9 Å². The van der Waals surface area contributed by atoms with E-state index in [0.29, 0.717) is 31.1 Å². The van der Waals surface area contributed by atoms with Gasteiger partial charge in [0.15, 0.2) is 0 Å². The quantitative estimate of drug-likeness (QED) is 0.851. The molecule has 2 aromatic carbocycles. The average Bonchev–Trinajstić information content (AvgIpc) is 2.65. The molecule has 0 saturated carbocycles. The van der Waals surface area contributed by atoms with E-state index in [-0.39, 0.29) is 17.5 Å². The van der Waals surface area contributed by atoms with Crippen molar-refractivity contribution in [2.45, 2.75) is 44.2 Å². The number of carbonyl (C=O) groups excluding carboxylic acids is 1. The summed E-state index contributed by atoms with van der Waals surface area (Å²) in [6, 6.07) is 12.7. The first-order valence-electron chi connectivity index (χ1n) is 9.63. The minimum Gasteiger partial charge on any atom is -0.350 e. The third kappa shape index (κ3) is 4.54. The molecule has 1 heterocycles. The average molecular weight is 404 g/mol. The number of nitrogens with one attached hydrogen (secondary N) is 1. The Labute approximate surface area is 167 Å². The Morgan fingerprint density at radius 2 is 1.61 bits per heavy atom. The van der Waals surface area contributed by atoms with Gasteiger partial charge < -0.3 is 5.32 Å². The van der Waals surface area contributed by atoms with E-state index in [0.717, 1.165) is 10.8 Å². The van der Waals surface area contributed by atoms with Crippen LogP contribution in [0.2, 0.25) is 0 Å². The Kier molecular flexibility index (Phi) is 5.79. The van der Waals surface area contributed by atoms with Crippen LogP contribution >= 0.6 is 0 Å². The lowest BCUT2D eigenvalue weighted by Gasteiger charge is -2.37. The van der Waals surface area contributed by atoms with Gasteiger partial charge in [-0.05, 0) is 50.6 Å². The highest BCUT2D eigenvalue weighted by Gasteiger charge is 2.32. The van der Waals surface area contributed by atoms with Crippen LogP contribution in [-0.2, 0) is 14.8 Å². The van der Waals surface area contributed by atoms with E-state index in [4.69, 9.17) is 0 Å². The number of piperazine rings is 1. The number of nitrogens with zero attached hydrogens (tertiary/aromatic N) is 2. The number of benzene rings is 2. The molecule has 3 rings (SSSR count). The summed E-state index contributed by atoms with van der Waals surface area (Å²) in [7, 11) is -3.55. The highest BCUT2D eigenvalue weighted by atomic mass is 32.2. The maximum Gasteiger partial charge on any atom is 0.243 e. The van der Waals surface area contributed by atoms with Gasteiger partial charge >= 0.3 is 0 Å². The Morgan fingerprint density at radius 3 is 2.21 bits per heavy atom. The molecule has 1 N–H and O–H groups in total. The molecule has 1 atom stereocenters. The van der Waals surface area contributed by atoms with Gasteiger partial charge in [0.1, 0.15) is 0 Å². The number of hydrogen-bond acceptors (Lipinski definition) is 4. The van der Waals surface area contributed by atoms with Crippen molar-refractivity contribution >= 4 is 26.7 Å². The van der Waals surface area contributed by atoms with E-state index in [1.165, 1.54) is 4.31 Å². The van der Waals surface area contributed by atoms with Crippen molar-refractivity contribution in [1.82, 2.24) is 14.5 Å². The van der Waals surface area contributed by atoms with Crippen LogP contribution in [0.4, 0.5) is 0 Å². The molecule has 6 nitrogen and oxygen atoms in total. The second-order valence-electron chi connectivity index (χ2n) is 8.36. The third-order valence-electron chi connectivity index (χ3n) is 5.06. The second kappa shape index (κ2) is 7.81. The maximum absolute atomic E-state index is 13.1. The van der Waals surface area contributed by atoms with Gasteiger partial charge in [-0.2, -0.15) is 4.31 Å². The fraction of sp³-hybridized carbons (Fsp3) is 0.476. The van der Waals surface area contributed by atoms with Crippen molar-refractivity contribution < 1.29 is 13.2 Å². The summed E-state index contributed by atoms with van der Waals surface area (Å²) < 4.78 is 27.6. The summed E-state index contributed by atoms with van der Waals surface area (Å²) in [5, 5.41) is 4.92. The number of sulfonamides is 1. The molecular formula is C21H29N3O3S. The minimum absolute atomic E-state index is 0.0293. The van der Waals surface area contributed by atoms with E-state index < -0.39 is 10.0 Å². The summed E-state index contributed by atoms with van der Waals surface area (Å²) in [5.74, 6) is -0.0293. The predicted molar refractivity (Wildman–Crippen MR) is 112 cm³/mol. The lowest BCUT2D eigenvalue weighted by atomic mass is 10.1. The minimum atomic E-state index is -3.55. The van der Waals surface area contributed by atoms with Gasteiger partial charge in [-0.3, -0.25) is 9.69 Å². The number of carbonyl (C=O) groups is 1. The monoisotopic (exact) mass is 403 g/mol. The number of rotatable bonds is 4. The molecule has 1 saturated heterocycles. The lowest BCUT2D eigenvalue weighted by Crippen LogP contribution is -2.56. The molecule has 1 aliphatic heterocycles.